The van der Waals surface area contributed by atoms with Crippen molar-refractivity contribution in [2.75, 3.05) is 23.4 Å². The molecule has 1 aliphatic carbocycles. The van der Waals surface area contributed by atoms with Gasteiger partial charge in [-0.3, -0.25) is 10.1 Å². The Hall–Kier alpha value is -3.61. The van der Waals surface area contributed by atoms with E-state index in [4.69, 9.17) is 5.73 Å². The van der Waals surface area contributed by atoms with Gasteiger partial charge in [0.25, 0.3) is 0 Å². The van der Waals surface area contributed by atoms with Gasteiger partial charge in [0.15, 0.2) is 0 Å². The maximum Gasteiger partial charge on any atom is 0.329 e. The molecule has 1 heterocycles. The lowest BCUT2D eigenvalue weighted by Gasteiger charge is -2.28. The summed E-state index contributed by atoms with van der Waals surface area (Å²) in [7, 11) is -3.23. The first-order valence-electron chi connectivity index (χ1n) is 13.0. The number of hydrogen-bond acceptors (Lipinski definition) is 9. The van der Waals surface area contributed by atoms with Gasteiger partial charge in [0.1, 0.15) is 6.20 Å². The van der Waals surface area contributed by atoms with Gasteiger partial charge in [-0.2, -0.15) is 4.98 Å². The first kappa shape index (κ1) is 28.4. The lowest BCUT2D eigenvalue weighted by molar-refractivity contribution is -0.384. The Labute approximate surface area is 228 Å². The largest absolute Gasteiger partial charge is 0.364 e. The molecule has 1 saturated carbocycles. The zero-order valence-corrected chi connectivity index (χ0v) is 23.0. The van der Waals surface area contributed by atoms with E-state index in [2.05, 4.69) is 50.4 Å². The molecule has 0 radical (unpaired) electrons. The number of nitrogens with two attached hydrogens (primary N) is 1. The molecule has 1 fully saturated rings. The van der Waals surface area contributed by atoms with Crippen LogP contribution in [0, 0.1) is 23.0 Å². The zero-order chi connectivity index (χ0) is 28.0. The highest BCUT2D eigenvalue weighted by atomic mass is 32.2. The van der Waals surface area contributed by atoms with Gasteiger partial charge in [-0.05, 0) is 72.4 Å². The van der Waals surface area contributed by atoms with Crippen molar-refractivity contribution in [3.63, 3.8) is 0 Å². The third kappa shape index (κ3) is 7.71. The molecule has 0 bridgehead atoms. The standard InChI is InChI=1S/C27H35N7O4S/c1-18-22(7-4-8-24(18)21-6-3-5-20(13-21)14-28)16-30-27-31-17-25(34(35)36)26(32-27)29-15-19-9-11-23(12-10-19)33-39(2,37)38/h3-8,13,17,19,23,33H,9-12,14-16,28H2,1-2H3,(H2,29,30,31,32). The predicted molar refractivity (Wildman–Crippen MR) is 153 cm³/mol. The average molecular weight is 554 g/mol. The van der Waals surface area contributed by atoms with E-state index in [-0.39, 0.29) is 23.5 Å². The van der Waals surface area contributed by atoms with Crippen LogP contribution in [-0.4, -0.2) is 42.2 Å². The molecule has 5 N–H and O–H groups in total. The van der Waals surface area contributed by atoms with Gasteiger partial charge < -0.3 is 16.4 Å². The average Bonchev–Trinajstić information content (AvgIpc) is 2.91. The number of sulfonamides is 1. The van der Waals surface area contributed by atoms with Crippen LogP contribution in [0.15, 0.2) is 48.7 Å². The molecule has 12 heteroatoms. The minimum absolute atomic E-state index is 0.0630. The summed E-state index contributed by atoms with van der Waals surface area (Å²) in [4.78, 5) is 19.7. The number of hydrogen-bond donors (Lipinski definition) is 4. The van der Waals surface area contributed by atoms with Crippen LogP contribution < -0.4 is 21.1 Å². The number of nitro groups is 1. The van der Waals surface area contributed by atoms with E-state index in [1.807, 2.05) is 24.3 Å². The fraction of sp³-hybridized carbons (Fsp3) is 0.407. The highest BCUT2D eigenvalue weighted by molar-refractivity contribution is 7.88. The van der Waals surface area contributed by atoms with Crippen LogP contribution in [0.2, 0.25) is 0 Å². The molecular weight excluding hydrogens is 518 g/mol. The molecular formula is C27H35N7O4S. The van der Waals surface area contributed by atoms with Gasteiger partial charge in [-0.25, -0.2) is 18.1 Å². The van der Waals surface area contributed by atoms with Crippen molar-refractivity contribution in [3.05, 3.63) is 75.5 Å². The number of benzene rings is 2. The summed E-state index contributed by atoms with van der Waals surface area (Å²) < 4.78 is 25.6. The summed E-state index contributed by atoms with van der Waals surface area (Å²) in [5, 5.41) is 17.9. The van der Waals surface area contributed by atoms with Crippen molar-refractivity contribution < 1.29 is 13.3 Å². The van der Waals surface area contributed by atoms with Gasteiger partial charge in [0.05, 0.1) is 11.2 Å². The van der Waals surface area contributed by atoms with Gasteiger partial charge in [-0.1, -0.05) is 36.4 Å². The Kier molecular flexibility index (Phi) is 9.10. The topological polar surface area (TPSA) is 165 Å². The van der Waals surface area contributed by atoms with Gasteiger partial charge >= 0.3 is 5.69 Å². The molecule has 0 aliphatic heterocycles. The molecule has 0 amide bonds. The third-order valence-electron chi connectivity index (χ3n) is 7.11. The molecule has 208 valence electrons. The lowest BCUT2D eigenvalue weighted by Crippen LogP contribution is -2.37. The van der Waals surface area contributed by atoms with E-state index in [1.54, 1.807) is 0 Å². The molecule has 11 nitrogen and oxygen atoms in total. The molecule has 4 rings (SSSR count). The zero-order valence-electron chi connectivity index (χ0n) is 22.2. The Bertz CT molecular complexity index is 1420. The molecule has 2 aromatic carbocycles. The van der Waals surface area contributed by atoms with Crippen LogP contribution in [0.5, 0.6) is 0 Å². The summed E-state index contributed by atoms with van der Waals surface area (Å²) >= 11 is 0. The molecule has 0 spiro atoms. The number of nitrogens with one attached hydrogen (secondary N) is 3. The van der Waals surface area contributed by atoms with Crippen LogP contribution in [0.1, 0.15) is 42.4 Å². The fourth-order valence-electron chi connectivity index (χ4n) is 4.98. The van der Waals surface area contributed by atoms with E-state index in [0.29, 0.717) is 25.6 Å². The van der Waals surface area contributed by atoms with Gasteiger partial charge in [0, 0.05) is 25.7 Å². The van der Waals surface area contributed by atoms with Crippen molar-refractivity contribution in [3.8, 4) is 11.1 Å². The Morgan fingerprint density at radius 3 is 2.54 bits per heavy atom. The molecule has 0 atom stereocenters. The second-order valence-corrected chi connectivity index (χ2v) is 11.8. The van der Waals surface area contributed by atoms with E-state index in [1.165, 1.54) is 12.5 Å². The maximum absolute atomic E-state index is 11.6. The smallest absolute Gasteiger partial charge is 0.329 e. The van der Waals surface area contributed by atoms with E-state index >= 15 is 0 Å². The molecule has 3 aromatic rings. The van der Waals surface area contributed by atoms with Crippen LogP contribution in [0.4, 0.5) is 17.5 Å². The summed E-state index contributed by atoms with van der Waals surface area (Å²) in [6.45, 7) is 3.49. The van der Waals surface area contributed by atoms with Crippen LogP contribution in [0.3, 0.4) is 0 Å². The van der Waals surface area contributed by atoms with Gasteiger partial charge in [0.2, 0.25) is 21.8 Å². The minimum atomic E-state index is -3.23. The highest BCUT2D eigenvalue weighted by Gasteiger charge is 2.25. The number of anilines is 2. The summed E-state index contributed by atoms with van der Waals surface area (Å²) in [5.74, 6) is 0.716. The lowest BCUT2D eigenvalue weighted by atomic mass is 9.86. The summed E-state index contributed by atoms with van der Waals surface area (Å²) in [6.07, 6.45) is 5.47. The van der Waals surface area contributed by atoms with Crippen LogP contribution in [-0.2, 0) is 23.1 Å². The van der Waals surface area contributed by atoms with E-state index in [0.717, 1.165) is 53.5 Å². The number of nitrogens with zero attached hydrogens (tertiary/aromatic N) is 3. The SMILES string of the molecule is Cc1c(CNc2ncc([N+](=O)[O-])c(NCC3CCC(NS(C)(=O)=O)CC3)n2)cccc1-c1cccc(CN)c1. The quantitative estimate of drug-likeness (QED) is 0.203. The molecule has 1 aliphatic rings. The Morgan fingerprint density at radius 1 is 1.10 bits per heavy atom. The first-order valence-corrected chi connectivity index (χ1v) is 14.9. The van der Waals surface area contributed by atoms with Crippen molar-refractivity contribution >= 4 is 27.5 Å². The van der Waals surface area contributed by atoms with Crippen molar-refractivity contribution in [2.24, 2.45) is 11.7 Å². The van der Waals surface area contributed by atoms with Crippen molar-refractivity contribution in [1.29, 1.82) is 0 Å². The van der Waals surface area contributed by atoms with Crippen LogP contribution in [0.25, 0.3) is 11.1 Å². The van der Waals surface area contributed by atoms with E-state index < -0.39 is 14.9 Å². The minimum Gasteiger partial charge on any atom is -0.364 e. The second-order valence-electron chi connectivity index (χ2n) is 10.0. The summed E-state index contributed by atoms with van der Waals surface area (Å²) in [5.41, 5.74) is 11.1. The fourth-order valence-corrected chi connectivity index (χ4v) is 5.82. The molecule has 0 saturated heterocycles. The highest BCUT2D eigenvalue weighted by Crippen LogP contribution is 2.29. The second kappa shape index (κ2) is 12.5. The first-order chi connectivity index (χ1) is 18.6. The normalized spacial score (nSPS) is 17.5. The Morgan fingerprint density at radius 2 is 1.85 bits per heavy atom. The number of aromatic nitrogens is 2. The monoisotopic (exact) mass is 553 g/mol. The Balaban J connectivity index is 1.42. The third-order valence-corrected chi connectivity index (χ3v) is 7.87. The molecule has 39 heavy (non-hydrogen) atoms. The molecule has 0 unspecified atom stereocenters. The van der Waals surface area contributed by atoms with Gasteiger partial charge in [-0.15, -0.1) is 0 Å². The van der Waals surface area contributed by atoms with Crippen molar-refractivity contribution in [2.45, 2.75) is 51.7 Å². The van der Waals surface area contributed by atoms with Crippen LogP contribution >= 0.6 is 0 Å². The maximum atomic E-state index is 11.6. The molecule has 1 aromatic heterocycles. The van der Waals surface area contributed by atoms with E-state index in [9.17, 15) is 18.5 Å². The van der Waals surface area contributed by atoms with Crippen molar-refractivity contribution in [1.82, 2.24) is 14.7 Å². The predicted octanol–water partition coefficient (Wildman–Crippen LogP) is 3.95. The number of rotatable bonds is 11. The summed E-state index contributed by atoms with van der Waals surface area (Å²) in [6, 6.07) is 14.2.